The average molecular weight is 401 g/mol. The molecule has 0 saturated heterocycles. The van der Waals surface area contributed by atoms with Gasteiger partial charge in [0.15, 0.2) is 0 Å². The van der Waals surface area contributed by atoms with Crippen LogP contribution in [0.25, 0.3) is 11.0 Å². The van der Waals surface area contributed by atoms with Gasteiger partial charge in [0.25, 0.3) is 0 Å². The van der Waals surface area contributed by atoms with E-state index in [0.717, 1.165) is 22.5 Å². The number of benzene rings is 3. The van der Waals surface area contributed by atoms with Crippen molar-refractivity contribution in [3.63, 3.8) is 0 Å². The molecule has 0 spiro atoms. The molecule has 0 fully saturated rings. The Kier molecular flexibility index (Phi) is 5.66. The lowest BCUT2D eigenvalue weighted by Gasteiger charge is -2.19. The lowest BCUT2D eigenvalue weighted by Crippen LogP contribution is -2.30. The third kappa shape index (κ3) is 4.12. The van der Waals surface area contributed by atoms with Crippen molar-refractivity contribution in [3.8, 4) is 11.5 Å². The lowest BCUT2D eigenvalue weighted by molar-refractivity contribution is -0.118. The quantitative estimate of drug-likeness (QED) is 0.464. The lowest BCUT2D eigenvalue weighted by atomic mass is 10.3. The molecule has 0 atom stereocenters. The molecule has 152 valence electrons. The highest BCUT2D eigenvalue weighted by atomic mass is 16.5. The Hall–Kier alpha value is -3.80. The summed E-state index contributed by atoms with van der Waals surface area (Å²) < 4.78 is 13.0. The summed E-state index contributed by atoms with van der Waals surface area (Å²) in [4.78, 5) is 19.3. The molecule has 0 unspecified atom stereocenters. The first-order valence-corrected chi connectivity index (χ1v) is 9.68. The smallest absolute Gasteiger partial charge is 0.246 e. The van der Waals surface area contributed by atoms with Crippen molar-refractivity contribution in [2.45, 2.75) is 13.2 Å². The molecule has 6 heteroatoms. The van der Waals surface area contributed by atoms with Gasteiger partial charge in [-0.25, -0.2) is 4.98 Å². The number of fused-ring (bicyclic) bond motifs is 1. The summed E-state index contributed by atoms with van der Waals surface area (Å²) in [6.45, 7) is 0.427. The minimum absolute atomic E-state index is 0.0324. The molecule has 0 aliphatic carbocycles. The van der Waals surface area contributed by atoms with Crippen LogP contribution in [0.3, 0.4) is 0 Å². The van der Waals surface area contributed by atoms with E-state index in [4.69, 9.17) is 9.47 Å². The number of carbonyl (C=O) groups is 1. The van der Waals surface area contributed by atoms with Gasteiger partial charge in [-0.1, -0.05) is 30.3 Å². The Balaban J connectivity index is 1.57. The van der Waals surface area contributed by atoms with Gasteiger partial charge >= 0.3 is 0 Å². The molecule has 1 amide bonds. The topological polar surface area (TPSA) is 56.6 Å². The van der Waals surface area contributed by atoms with Gasteiger partial charge in [0.2, 0.25) is 5.91 Å². The van der Waals surface area contributed by atoms with Crippen LogP contribution < -0.4 is 14.4 Å². The SMILES string of the molecule is COc1ccc(OCc2nc3ccccc3n2CC(=O)N(C)c2ccccc2)cc1. The molecule has 4 aromatic rings. The van der Waals surface area contributed by atoms with Crippen LogP contribution in [0, 0.1) is 0 Å². The highest BCUT2D eigenvalue weighted by molar-refractivity contribution is 5.93. The van der Waals surface area contributed by atoms with Crippen molar-refractivity contribution < 1.29 is 14.3 Å². The molecular weight excluding hydrogens is 378 g/mol. The minimum Gasteiger partial charge on any atom is -0.497 e. The summed E-state index contributed by atoms with van der Waals surface area (Å²) in [5.74, 6) is 2.14. The number of hydrogen-bond donors (Lipinski definition) is 0. The molecule has 1 aromatic heterocycles. The zero-order chi connectivity index (χ0) is 20.9. The van der Waals surface area contributed by atoms with Crippen LogP contribution in [-0.2, 0) is 17.9 Å². The van der Waals surface area contributed by atoms with Crippen LogP contribution in [0.5, 0.6) is 11.5 Å². The maximum absolute atomic E-state index is 13.0. The number of imidazole rings is 1. The van der Waals surface area contributed by atoms with Gasteiger partial charge in [0, 0.05) is 12.7 Å². The van der Waals surface area contributed by atoms with E-state index in [0.29, 0.717) is 11.6 Å². The molecule has 3 aromatic carbocycles. The van der Waals surface area contributed by atoms with Crippen LogP contribution in [0.2, 0.25) is 0 Å². The highest BCUT2D eigenvalue weighted by Gasteiger charge is 2.17. The van der Waals surface area contributed by atoms with Crippen LogP contribution >= 0.6 is 0 Å². The molecule has 0 aliphatic heterocycles. The summed E-state index contributed by atoms with van der Waals surface area (Å²) in [7, 11) is 3.41. The molecule has 0 aliphatic rings. The predicted octanol–water partition coefficient (Wildman–Crippen LogP) is 4.29. The Morgan fingerprint density at radius 3 is 2.33 bits per heavy atom. The second-order valence-electron chi connectivity index (χ2n) is 6.86. The second-order valence-corrected chi connectivity index (χ2v) is 6.86. The number of aromatic nitrogens is 2. The van der Waals surface area contributed by atoms with Gasteiger partial charge in [-0.3, -0.25) is 4.79 Å². The fourth-order valence-corrected chi connectivity index (χ4v) is 3.27. The number of amides is 1. The molecule has 0 bridgehead atoms. The summed E-state index contributed by atoms with van der Waals surface area (Å²) in [5.41, 5.74) is 2.59. The van der Waals surface area contributed by atoms with E-state index < -0.39 is 0 Å². The van der Waals surface area contributed by atoms with Crippen molar-refractivity contribution in [2.75, 3.05) is 19.1 Å². The first-order valence-electron chi connectivity index (χ1n) is 9.68. The largest absolute Gasteiger partial charge is 0.497 e. The number of nitrogens with zero attached hydrogens (tertiary/aromatic N) is 3. The number of carbonyl (C=O) groups excluding carboxylic acids is 1. The summed E-state index contributed by atoms with van der Waals surface area (Å²) in [6.07, 6.45) is 0. The van der Waals surface area contributed by atoms with Gasteiger partial charge in [-0.2, -0.15) is 0 Å². The van der Waals surface area contributed by atoms with E-state index >= 15 is 0 Å². The molecule has 1 heterocycles. The van der Waals surface area contributed by atoms with E-state index in [1.54, 1.807) is 19.1 Å². The summed E-state index contributed by atoms with van der Waals surface area (Å²) in [6, 6.07) is 24.8. The van der Waals surface area contributed by atoms with Crippen LogP contribution in [0.1, 0.15) is 5.82 Å². The van der Waals surface area contributed by atoms with E-state index in [2.05, 4.69) is 4.98 Å². The Morgan fingerprint density at radius 2 is 1.60 bits per heavy atom. The first-order chi connectivity index (χ1) is 14.7. The van der Waals surface area contributed by atoms with Gasteiger partial charge in [0.05, 0.1) is 18.1 Å². The number of ether oxygens (including phenoxy) is 2. The first kappa shape index (κ1) is 19.5. The maximum Gasteiger partial charge on any atom is 0.246 e. The van der Waals surface area contributed by atoms with Crippen molar-refractivity contribution in [2.24, 2.45) is 0 Å². The van der Waals surface area contributed by atoms with E-state index in [1.165, 1.54) is 0 Å². The monoisotopic (exact) mass is 401 g/mol. The summed E-state index contributed by atoms with van der Waals surface area (Å²) in [5, 5.41) is 0. The Labute approximate surface area is 175 Å². The van der Waals surface area contributed by atoms with Crippen molar-refractivity contribution in [3.05, 3.63) is 84.7 Å². The summed E-state index contributed by atoms with van der Waals surface area (Å²) >= 11 is 0. The molecule has 6 nitrogen and oxygen atoms in total. The molecule has 0 N–H and O–H groups in total. The maximum atomic E-state index is 13.0. The van der Waals surface area contributed by atoms with Crippen molar-refractivity contribution in [1.29, 1.82) is 0 Å². The van der Waals surface area contributed by atoms with E-state index in [1.807, 2.05) is 83.4 Å². The number of para-hydroxylation sites is 3. The van der Waals surface area contributed by atoms with Crippen molar-refractivity contribution >= 4 is 22.6 Å². The predicted molar refractivity (Wildman–Crippen MR) is 117 cm³/mol. The molecule has 0 saturated carbocycles. The van der Waals surface area contributed by atoms with Crippen LogP contribution in [0.4, 0.5) is 5.69 Å². The second kappa shape index (κ2) is 8.69. The number of rotatable bonds is 7. The Bertz CT molecular complexity index is 1140. The van der Waals surface area contributed by atoms with E-state index in [9.17, 15) is 4.79 Å². The molecule has 4 rings (SSSR count). The highest BCUT2D eigenvalue weighted by Crippen LogP contribution is 2.21. The standard InChI is InChI=1S/C24H23N3O3/c1-26(18-8-4-3-5-9-18)24(28)16-27-22-11-7-6-10-21(22)25-23(27)17-30-20-14-12-19(29-2)13-15-20/h3-15H,16-17H2,1-2H3. The number of likely N-dealkylation sites (N-methyl/N-ethyl adjacent to an activating group) is 1. The third-order valence-corrected chi connectivity index (χ3v) is 4.97. The third-order valence-electron chi connectivity index (χ3n) is 4.97. The van der Waals surface area contributed by atoms with Gasteiger partial charge in [0.1, 0.15) is 30.5 Å². The molecule has 30 heavy (non-hydrogen) atoms. The van der Waals surface area contributed by atoms with Crippen molar-refractivity contribution in [1.82, 2.24) is 9.55 Å². The Morgan fingerprint density at radius 1 is 0.933 bits per heavy atom. The fourth-order valence-electron chi connectivity index (χ4n) is 3.27. The zero-order valence-electron chi connectivity index (χ0n) is 17.0. The normalized spacial score (nSPS) is 10.7. The minimum atomic E-state index is -0.0324. The fraction of sp³-hybridized carbons (Fsp3) is 0.167. The molecular formula is C24H23N3O3. The number of methoxy groups -OCH3 is 1. The average Bonchev–Trinajstić information content (AvgIpc) is 3.15. The number of anilines is 1. The van der Waals surface area contributed by atoms with Crippen LogP contribution in [0.15, 0.2) is 78.9 Å². The zero-order valence-corrected chi connectivity index (χ0v) is 17.0. The van der Waals surface area contributed by atoms with Crippen LogP contribution in [-0.4, -0.2) is 29.6 Å². The van der Waals surface area contributed by atoms with Gasteiger partial charge in [-0.15, -0.1) is 0 Å². The van der Waals surface area contributed by atoms with Gasteiger partial charge < -0.3 is 18.9 Å². The number of hydrogen-bond acceptors (Lipinski definition) is 4. The van der Waals surface area contributed by atoms with E-state index in [-0.39, 0.29) is 19.1 Å². The van der Waals surface area contributed by atoms with Gasteiger partial charge in [-0.05, 0) is 48.5 Å². The molecule has 0 radical (unpaired) electrons.